The van der Waals surface area contributed by atoms with Gasteiger partial charge in [0, 0.05) is 0 Å². The molecule has 0 aliphatic rings. The molecule has 0 rings (SSSR count). The molecule has 0 aromatic heterocycles. The summed E-state index contributed by atoms with van der Waals surface area (Å²) in [4.78, 5) is 9.76. The van der Waals surface area contributed by atoms with Crippen LogP contribution in [0.15, 0.2) is 0 Å². The highest BCUT2D eigenvalue weighted by molar-refractivity contribution is 6.04. The van der Waals surface area contributed by atoms with Crippen LogP contribution in [0.2, 0.25) is 0 Å². The van der Waals surface area contributed by atoms with Crippen LogP contribution in [-0.4, -0.2) is 23.5 Å². The predicted octanol–water partition coefficient (Wildman–Crippen LogP) is -0.653. The van der Waals surface area contributed by atoms with Crippen molar-refractivity contribution in [3.8, 4) is 0 Å². The molecule has 0 bridgehead atoms. The molecule has 42 valence electrons. The van der Waals surface area contributed by atoms with Crippen LogP contribution in [0.5, 0.6) is 0 Å². The minimum atomic E-state index is -1.11. The summed E-state index contributed by atoms with van der Waals surface area (Å²) in [6.45, 7) is -1.11. The number of carbonyl (C=O) groups is 1. The molecule has 0 aliphatic heterocycles. The largest absolute Gasteiger partial charge is 0.498 e. The fraction of sp³-hybridized carbons (Fsp3) is 0.500. The first-order chi connectivity index (χ1) is 3.31. The van der Waals surface area contributed by atoms with Gasteiger partial charge >= 0.3 is 6.16 Å². The summed E-state index contributed by atoms with van der Waals surface area (Å²) in [5.41, 5.74) is 0. The number of alkyl halides is 1. The fourth-order valence-electron chi connectivity index (χ4n) is 0.103. The van der Waals surface area contributed by atoms with E-state index >= 15 is 0 Å². The van der Waals surface area contributed by atoms with Crippen molar-refractivity contribution in [1.82, 2.24) is 0 Å². The Bertz CT molecular complexity index is 66.0. The average Bonchev–Trinajstić information content (AvgIpc) is 1.68. The number of hydrogen-bond donors (Lipinski definition) is 0. The lowest BCUT2D eigenvalue weighted by Crippen LogP contribution is -2.02. The second kappa shape index (κ2) is 3.60. The Hall–Kier alpha value is -0.583. The lowest BCUT2D eigenvalue weighted by Gasteiger charge is -1.93. The zero-order chi connectivity index (χ0) is 5.70. The van der Waals surface area contributed by atoms with Crippen molar-refractivity contribution in [1.29, 1.82) is 0 Å². The third-order valence-corrected chi connectivity index (χ3v) is 0.672. The maximum Gasteiger partial charge on any atom is 0.496 e. The Morgan fingerprint density at radius 3 is 2.57 bits per heavy atom. The summed E-state index contributed by atoms with van der Waals surface area (Å²) in [5.74, 6) is 0. The van der Waals surface area contributed by atoms with E-state index in [4.69, 9.17) is 0 Å². The van der Waals surface area contributed by atoms with E-state index in [1.54, 1.807) is 0 Å². The van der Waals surface area contributed by atoms with Crippen molar-refractivity contribution in [2.45, 2.75) is 0 Å². The topological polar surface area (TPSA) is 35.5 Å². The van der Waals surface area contributed by atoms with E-state index in [-0.39, 0.29) is 10.5 Å². The fourth-order valence-corrected chi connectivity index (χ4v) is 0.221. The second-order valence-corrected chi connectivity index (χ2v) is 1.12. The molecule has 0 spiro atoms. The molecule has 0 aromatic rings. The molecule has 0 radical (unpaired) electrons. The van der Waals surface area contributed by atoms with Gasteiger partial charge in [-0.25, -0.2) is 9.18 Å². The molecular formula is C2H5FO3Si. The van der Waals surface area contributed by atoms with Gasteiger partial charge in [0.25, 0.3) is 0 Å². The maximum atomic E-state index is 10.9. The molecule has 0 saturated carbocycles. The first-order valence-corrected chi connectivity index (χ1v) is 2.39. The molecule has 0 saturated heterocycles. The minimum absolute atomic E-state index is 0.246. The first-order valence-electron chi connectivity index (χ1n) is 1.58. The highest BCUT2D eigenvalue weighted by atomic mass is 28.2. The highest BCUT2D eigenvalue weighted by Crippen LogP contribution is 1.78. The van der Waals surface area contributed by atoms with Crippen LogP contribution in [-0.2, 0) is 9.16 Å². The Labute approximate surface area is 43.0 Å². The molecule has 0 aliphatic carbocycles. The van der Waals surface area contributed by atoms with E-state index in [0.717, 1.165) is 0 Å². The first kappa shape index (κ1) is 6.42. The van der Waals surface area contributed by atoms with Crippen molar-refractivity contribution in [3.63, 3.8) is 0 Å². The van der Waals surface area contributed by atoms with E-state index in [9.17, 15) is 9.18 Å². The van der Waals surface area contributed by atoms with Crippen LogP contribution in [0, 0.1) is 0 Å². The third-order valence-electron chi connectivity index (χ3n) is 0.339. The van der Waals surface area contributed by atoms with E-state index in [1.807, 2.05) is 0 Å². The third kappa shape index (κ3) is 3.24. The van der Waals surface area contributed by atoms with Crippen LogP contribution in [0.25, 0.3) is 0 Å². The summed E-state index contributed by atoms with van der Waals surface area (Å²) in [6.07, 6.45) is -0.936. The van der Waals surface area contributed by atoms with Crippen LogP contribution in [0.4, 0.5) is 9.18 Å². The average molecular weight is 124 g/mol. The Kier molecular flexibility index (Phi) is 3.30. The van der Waals surface area contributed by atoms with Crippen LogP contribution < -0.4 is 0 Å². The number of rotatable bonds is 1. The zero-order valence-electron chi connectivity index (χ0n) is 3.81. The molecule has 0 aromatic carbocycles. The smallest absolute Gasteiger partial charge is 0.496 e. The quantitative estimate of drug-likeness (QED) is 0.344. The maximum absolute atomic E-state index is 10.9. The highest BCUT2D eigenvalue weighted by Gasteiger charge is 1.93. The Morgan fingerprint density at radius 2 is 2.43 bits per heavy atom. The molecular weight excluding hydrogens is 119 g/mol. The van der Waals surface area contributed by atoms with E-state index in [0.29, 0.717) is 0 Å². The Balaban J connectivity index is 3.00. The minimum Gasteiger partial charge on any atom is -0.498 e. The van der Waals surface area contributed by atoms with Crippen LogP contribution in [0.3, 0.4) is 0 Å². The van der Waals surface area contributed by atoms with Gasteiger partial charge in [0.2, 0.25) is 17.3 Å². The van der Waals surface area contributed by atoms with Crippen molar-refractivity contribution in [2.24, 2.45) is 0 Å². The number of halogens is 1. The molecule has 7 heavy (non-hydrogen) atoms. The molecule has 3 nitrogen and oxygen atoms in total. The molecule has 0 unspecified atom stereocenters. The van der Waals surface area contributed by atoms with Gasteiger partial charge in [0.15, 0.2) is 0 Å². The van der Waals surface area contributed by atoms with Gasteiger partial charge in [0.05, 0.1) is 0 Å². The molecule has 0 heterocycles. The van der Waals surface area contributed by atoms with Gasteiger partial charge in [-0.3, -0.25) is 0 Å². The summed E-state index contributed by atoms with van der Waals surface area (Å²) in [7, 11) is 0.246. The van der Waals surface area contributed by atoms with Gasteiger partial charge in [0.1, 0.15) is 0 Å². The predicted molar refractivity (Wildman–Crippen MR) is 23.5 cm³/mol. The van der Waals surface area contributed by atoms with E-state index < -0.39 is 13.0 Å². The number of ether oxygens (including phenoxy) is 1. The molecule has 5 heteroatoms. The molecule has 0 atom stereocenters. The van der Waals surface area contributed by atoms with Crippen molar-refractivity contribution < 1.29 is 18.3 Å². The van der Waals surface area contributed by atoms with Crippen molar-refractivity contribution in [2.75, 3.05) is 6.86 Å². The molecule has 0 amide bonds. The van der Waals surface area contributed by atoms with Gasteiger partial charge < -0.3 is 9.16 Å². The van der Waals surface area contributed by atoms with Crippen LogP contribution in [0.1, 0.15) is 0 Å². The van der Waals surface area contributed by atoms with Crippen molar-refractivity contribution in [3.05, 3.63) is 0 Å². The summed E-state index contributed by atoms with van der Waals surface area (Å²) < 4.78 is 18.6. The van der Waals surface area contributed by atoms with Gasteiger partial charge in [-0.1, -0.05) is 0 Å². The molecule has 0 fully saturated rings. The summed E-state index contributed by atoms with van der Waals surface area (Å²) >= 11 is 0. The van der Waals surface area contributed by atoms with Crippen LogP contribution >= 0.6 is 0 Å². The van der Waals surface area contributed by atoms with E-state index in [1.165, 1.54) is 0 Å². The Morgan fingerprint density at radius 1 is 1.86 bits per heavy atom. The summed E-state index contributed by atoms with van der Waals surface area (Å²) in [5, 5.41) is 0. The number of carbonyl (C=O) groups excluding carboxylic acids is 1. The number of hydrogen-bond acceptors (Lipinski definition) is 3. The van der Waals surface area contributed by atoms with Crippen molar-refractivity contribution >= 4 is 16.6 Å². The standard InChI is InChI=1S/C2H5FO3Si/c3-1-5-2(4)6-7/h1H2,7H3. The van der Waals surface area contributed by atoms with Gasteiger partial charge in [-0.15, -0.1) is 0 Å². The van der Waals surface area contributed by atoms with Gasteiger partial charge in [-0.05, 0) is 0 Å². The van der Waals surface area contributed by atoms with Gasteiger partial charge in [-0.2, -0.15) is 0 Å². The zero-order valence-corrected chi connectivity index (χ0v) is 5.81. The lowest BCUT2D eigenvalue weighted by atomic mass is 11.3. The normalized spacial score (nSPS) is 8.14. The monoisotopic (exact) mass is 124 g/mol. The SMILES string of the molecule is O=C(O[SiH3])OCF. The van der Waals surface area contributed by atoms with E-state index in [2.05, 4.69) is 9.16 Å². The lowest BCUT2D eigenvalue weighted by molar-refractivity contribution is 0.0633. The second-order valence-electron chi connectivity index (χ2n) is 0.708. The molecule has 0 N–H and O–H groups in total. The summed E-state index contributed by atoms with van der Waals surface area (Å²) in [6, 6.07) is 0.